The highest BCUT2D eigenvalue weighted by atomic mass is 16.1. The summed E-state index contributed by atoms with van der Waals surface area (Å²) in [5, 5.41) is 4.15. The minimum Gasteiger partial charge on any atom is -0.299 e. The molecule has 3 heteroatoms. The zero-order valence-electron chi connectivity index (χ0n) is 11.9. The number of hydrogen-bond acceptors (Lipinski definition) is 2. The molecule has 0 radical (unpaired) electrons. The van der Waals surface area contributed by atoms with Crippen molar-refractivity contribution in [3.8, 4) is 0 Å². The van der Waals surface area contributed by atoms with Gasteiger partial charge < -0.3 is 0 Å². The van der Waals surface area contributed by atoms with E-state index in [0.29, 0.717) is 12.2 Å². The van der Waals surface area contributed by atoms with Crippen molar-refractivity contribution in [2.75, 3.05) is 0 Å². The number of rotatable bonds is 5. The molecule has 3 nitrogen and oxygen atoms in total. The number of benzene rings is 1. The molecular weight excluding hydrogens is 248 g/mol. The lowest BCUT2D eigenvalue weighted by atomic mass is 9.61. The number of carbonyl (C=O) groups is 1. The van der Waals surface area contributed by atoms with Gasteiger partial charge in [-0.15, -0.1) is 0 Å². The molecule has 1 heterocycles. The first-order chi connectivity index (χ1) is 9.71. The summed E-state index contributed by atoms with van der Waals surface area (Å²) in [5.41, 5.74) is 2.13. The fourth-order valence-corrected chi connectivity index (χ4v) is 3.11. The van der Waals surface area contributed by atoms with E-state index < -0.39 is 0 Å². The van der Waals surface area contributed by atoms with E-state index in [1.807, 2.05) is 37.6 Å². The second-order valence-electron chi connectivity index (χ2n) is 5.75. The van der Waals surface area contributed by atoms with E-state index in [-0.39, 0.29) is 5.41 Å². The smallest absolute Gasteiger partial charge is 0.143 e. The Hall–Kier alpha value is -1.90. The first-order valence-electron chi connectivity index (χ1n) is 7.27. The maximum Gasteiger partial charge on any atom is 0.143 e. The number of hydrogen-bond donors (Lipinski definition) is 0. The van der Waals surface area contributed by atoms with Crippen LogP contribution >= 0.6 is 0 Å². The number of Topliss-reactive ketones (excluding diaryl/α,β-unsaturated/α-hetero) is 1. The fraction of sp³-hybridized carbons (Fsp3) is 0.412. The second-order valence-corrected chi connectivity index (χ2v) is 5.75. The molecule has 1 fully saturated rings. The average molecular weight is 268 g/mol. The summed E-state index contributed by atoms with van der Waals surface area (Å²) in [6, 6.07) is 10.3. The van der Waals surface area contributed by atoms with Crippen LogP contribution in [-0.4, -0.2) is 15.6 Å². The van der Waals surface area contributed by atoms with E-state index in [1.54, 1.807) is 4.68 Å². The quantitative estimate of drug-likeness (QED) is 0.835. The third-order valence-corrected chi connectivity index (χ3v) is 4.47. The summed E-state index contributed by atoms with van der Waals surface area (Å²) in [7, 11) is 1.91. The Morgan fingerprint density at radius 3 is 2.60 bits per heavy atom. The van der Waals surface area contributed by atoms with Crippen LogP contribution in [0.25, 0.3) is 0 Å². The predicted octanol–water partition coefficient (Wildman–Crippen LogP) is 3.04. The van der Waals surface area contributed by atoms with E-state index >= 15 is 0 Å². The molecule has 0 saturated heterocycles. The summed E-state index contributed by atoms with van der Waals surface area (Å²) in [5.74, 6) is 0.388. The number of ketones is 1. The van der Waals surface area contributed by atoms with E-state index in [2.05, 4.69) is 17.2 Å². The Kier molecular flexibility index (Phi) is 3.43. The van der Waals surface area contributed by atoms with Crippen LogP contribution in [0, 0.1) is 0 Å². The van der Waals surface area contributed by atoms with Crippen LogP contribution in [0.4, 0.5) is 0 Å². The van der Waals surface area contributed by atoms with Gasteiger partial charge in [-0.3, -0.25) is 9.48 Å². The molecule has 20 heavy (non-hydrogen) atoms. The third-order valence-electron chi connectivity index (χ3n) is 4.47. The Bertz CT molecular complexity index is 596. The van der Waals surface area contributed by atoms with E-state index in [0.717, 1.165) is 31.2 Å². The van der Waals surface area contributed by atoms with Crippen LogP contribution in [0.15, 0.2) is 42.7 Å². The van der Waals surface area contributed by atoms with Gasteiger partial charge in [0.2, 0.25) is 0 Å². The molecule has 3 rings (SSSR count). The molecule has 0 aliphatic heterocycles. The lowest BCUT2D eigenvalue weighted by Gasteiger charge is -2.41. The van der Waals surface area contributed by atoms with Crippen LogP contribution in [0.5, 0.6) is 0 Å². The summed E-state index contributed by atoms with van der Waals surface area (Å²) >= 11 is 0. The lowest BCUT2D eigenvalue weighted by molar-refractivity contribution is -0.127. The third kappa shape index (κ3) is 2.28. The molecule has 1 aromatic heterocycles. The van der Waals surface area contributed by atoms with Crippen molar-refractivity contribution in [3.63, 3.8) is 0 Å². The minimum atomic E-state index is -0.205. The predicted molar refractivity (Wildman–Crippen MR) is 78.5 cm³/mol. The summed E-state index contributed by atoms with van der Waals surface area (Å²) < 4.78 is 1.79. The largest absolute Gasteiger partial charge is 0.299 e. The Morgan fingerprint density at radius 1 is 1.30 bits per heavy atom. The van der Waals surface area contributed by atoms with E-state index in [4.69, 9.17) is 0 Å². The van der Waals surface area contributed by atoms with Crippen molar-refractivity contribution in [1.29, 1.82) is 0 Å². The van der Waals surface area contributed by atoms with Crippen molar-refractivity contribution in [3.05, 3.63) is 53.9 Å². The lowest BCUT2D eigenvalue weighted by Crippen LogP contribution is -2.42. The topological polar surface area (TPSA) is 34.9 Å². The Morgan fingerprint density at radius 2 is 2.05 bits per heavy atom. The van der Waals surface area contributed by atoms with Gasteiger partial charge in [0.05, 0.1) is 11.6 Å². The second kappa shape index (κ2) is 5.23. The Labute approximate surface area is 119 Å². The standard InChI is InChI=1S/C17H20N2O/c1-19-13-14(12-18-19)8-9-16(20)17(10-5-11-17)15-6-3-2-4-7-15/h2-4,6-7,12-13H,5,8-11H2,1H3. The monoisotopic (exact) mass is 268 g/mol. The molecule has 104 valence electrons. The van der Waals surface area contributed by atoms with Gasteiger partial charge in [0, 0.05) is 19.7 Å². The molecule has 0 bridgehead atoms. The molecule has 0 N–H and O–H groups in total. The van der Waals surface area contributed by atoms with Gasteiger partial charge in [-0.05, 0) is 30.4 Å². The molecule has 1 aliphatic rings. The minimum absolute atomic E-state index is 0.205. The van der Waals surface area contributed by atoms with Gasteiger partial charge in [-0.25, -0.2) is 0 Å². The van der Waals surface area contributed by atoms with Crippen LogP contribution in [0.2, 0.25) is 0 Å². The zero-order valence-corrected chi connectivity index (χ0v) is 11.9. The highest BCUT2D eigenvalue weighted by molar-refractivity contribution is 5.91. The van der Waals surface area contributed by atoms with Gasteiger partial charge in [-0.2, -0.15) is 5.10 Å². The molecule has 0 unspecified atom stereocenters. The number of aromatic nitrogens is 2. The van der Waals surface area contributed by atoms with Crippen LogP contribution in [-0.2, 0) is 23.7 Å². The first-order valence-corrected chi connectivity index (χ1v) is 7.27. The Balaban J connectivity index is 1.72. The molecule has 0 spiro atoms. The summed E-state index contributed by atoms with van der Waals surface area (Å²) in [6.45, 7) is 0. The number of nitrogens with zero attached hydrogens (tertiary/aromatic N) is 2. The number of aryl methyl sites for hydroxylation is 2. The maximum absolute atomic E-state index is 12.7. The van der Waals surface area contributed by atoms with Crippen molar-refractivity contribution < 1.29 is 4.79 Å². The van der Waals surface area contributed by atoms with Crippen molar-refractivity contribution in [2.45, 2.75) is 37.5 Å². The molecule has 1 aliphatic carbocycles. The average Bonchev–Trinajstić information content (AvgIpc) is 2.82. The highest BCUT2D eigenvalue weighted by Crippen LogP contribution is 2.45. The molecule has 0 amide bonds. The van der Waals surface area contributed by atoms with Crippen molar-refractivity contribution in [2.24, 2.45) is 7.05 Å². The normalized spacial score (nSPS) is 16.6. The fourth-order valence-electron chi connectivity index (χ4n) is 3.11. The van der Waals surface area contributed by atoms with Gasteiger partial charge in [0.1, 0.15) is 5.78 Å². The van der Waals surface area contributed by atoms with Gasteiger partial charge in [0.15, 0.2) is 0 Å². The molecular formula is C17H20N2O. The van der Waals surface area contributed by atoms with Crippen LogP contribution in [0.1, 0.15) is 36.8 Å². The maximum atomic E-state index is 12.7. The van der Waals surface area contributed by atoms with Crippen molar-refractivity contribution in [1.82, 2.24) is 9.78 Å². The first kappa shape index (κ1) is 13.1. The van der Waals surface area contributed by atoms with Gasteiger partial charge in [-0.1, -0.05) is 36.8 Å². The van der Waals surface area contributed by atoms with E-state index in [1.165, 1.54) is 5.56 Å². The van der Waals surface area contributed by atoms with E-state index in [9.17, 15) is 4.79 Å². The summed E-state index contributed by atoms with van der Waals surface area (Å²) in [4.78, 5) is 12.7. The van der Waals surface area contributed by atoms with Crippen molar-refractivity contribution >= 4 is 5.78 Å². The molecule has 1 saturated carbocycles. The molecule has 1 aromatic carbocycles. The summed E-state index contributed by atoms with van der Waals surface area (Å²) in [6.07, 6.45) is 8.41. The molecule has 0 atom stereocenters. The van der Waals surface area contributed by atoms with Gasteiger partial charge in [0.25, 0.3) is 0 Å². The van der Waals surface area contributed by atoms with Crippen LogP contribution < -0.4 is 0 Å². The SMILES string of the molecule is Cn1cc(CCC(=O)C2(c3ccccc3)CCC2)cn1. The number of carbonyl (C=O) groups excluding carboxylic acids is 1. The van der Waals surface area contributed by atoms with Crippen LogP contribution in [0.3, 0.4) is 0 Å². The van der Waals surface area contributed by atoms with Gasteiger partial charge >= 0.3 is 0 Å². The highest BCUT2D eigenvalue weighted by Gasteiger charge is 2.44. The molecule has 2 aromatic rings. The zero-order chi connectivity index (χ0) is 14.0.